The summed E-state index contributed by atoms with van der Waals surface area (Å²) in [4.78, 5) is 28.4. The molecule has 2 saturated heterocycles. The number of phenols is 1. The summed E-state index contributed by atoms with van der Waals surface area (Å²) >= 11 is 0. The zero-order valence-corrected chi connectivity index (χ0v) is 15.3. The Kier molecular flexibility index (Phi) is 6.50. The van der Waals surface area contributed by atoms with Crippen molar-refractivity contribution in [2.24, 2.45) is 0 Å². The molecule has 1 aromatic rings. The van der Waals surface area contributed by atoms with Gasteiger partial charge < -0.3 is 15.3 Å². The van der Waals surface area contributed by atoms with Crippen LogP contribution in [0.25, 0.3) is 0 Å². The molecule has 2 heterocycles. The van der Waals surface area contributed by atoms with Crippen LogP contribution in [0.3, 0.4) is 0 Å². The van der Waals surface area contributed by atoms with Gasteiger partial charge in [0.15, 0.2) is 0 Å². The molecule has 0 saturated carbocycles. The molecule has 0 radical (unpaired) electrons. The van der Waals surface area contributed by atoms with E-state index >= 15 is 0 Å². The summed E-state index contributed by atoms with van der Waals surface area (Å²) in [5.74, 6) is 0.336. The van der Waals surface area contributed by atoms with E-state index in [9.17, 15) is 14.7 Å². The van der Waals surface area contributed by atoms with Gasteiger partial charge in [-0.2, -0.15) is 0 Å². The van der Waals surface area contributed by atoms with Gasteiger partial charge in [-0.3, -0.25) is 14.5 Å². The molecule has 0 bridgehead atoms. The van der Waals surface area contributed by atoms with E-state index < -0.39 is 0 Å². The third-order valence-corrected chi connectivity index (χ3v) is 5.19. The Morgan fingerprint density at radius 1 is 1.19 bits per heavy atom. The highest BCUT2D eigenvalue weighted by Gasteiger charge is 2.24. The third-order valence-electron chi connectivity index (χ3n) is 5.19. The van der Waals surface area contributed by atoms with Crippen LogP contribution in [0.15, 0.2) is 24.3 Å². The van der Waals surface area contributed by atoms with Crippen LogP contribution in [0.5, 0.6) is 5.75 Å². The number of nitrogens with zero attached hydrogens (tertiary/aromatic N) is 2. The second-order valence-corrected chi connectivity index (χ2v) is 7.44. The fraction of sp³-hybridized carbons (Fsp3) is 0.600. The number of carbonyl (C=O) groups is 2. The Balaban J connectivity index is 1.48. The van der Waals surface area contributed by atoms with Crippen LogP contribution in [0.1, 0.15) is 44.1 Å². The Morgan fingerprint density at radius 2 is 2.08 bits per heavy atom. The first-order valence-electron chi connectivity index (χ1n) is 9.67. The first-order chi connectivity index (χ1) is 12.6. The van der Waals surface area contributed by atoms with Gasteiger partial charge in [-0.1, -0.05) is 18.6 Å². The van der Waals surface area contributed by atoms with Crippen molar-refractivity contribution in [2.75, 3.05) is 26.2 Å². The molecule has 3 rings (SSSR count). The molecule has 2 aliphatic rings. The normalized spacial score (nSPS) is 22.1. The number of piperidine rings is 1. The van der Waals surface area contributed by atoms with Gasteiger partial charge in [0.1, 0.15) is 5.75 Å². The van der Waals surface area contributed by atoms with Gasteiger partial charge in [-0.25, -0.2) is 0 Å². The first kappa shape index (κ1) is 18.7. The SMILES string of the molecule is O=C(CN1CCCCCC1=O)N[C@@H]1CCCN(Cc2cccc(O)c2)C1. The van der Waals surface area contributed by atoms with Crippen LogP contribution in [0, 0.1) is 0 Å². The molecule has 6 nitrogen and oxygen atoms in total. The number of hydrogen-bond donors (Lipinski definition) is 2. The summed E-state index contributed by atoms with van der Waals surface area (Å²) in [6, 6.07) is 7.44. The van der Waals surface area contributed by atoms with Crippen molar-refractivity contribution < 1.29 is 14.7 Å². The molecular formula is C20H29N3O3. The smallest absolute Gasteiger partial charge is 0.239 e. The van der Waals surface area contributed by atoms with Crippen LogP contribution >= 0.6 is 0 Å². The van der Waals surface area contributed by atoms with Crippen LogP contribution in [0.2, 0.25) is 0 Å². The van der Waals surface area contributed by atoms with Gasteiger partial charge in [0.2, 0.25) is 11.8 Å². The molecule has 1 atom stereocenters. The van der Waals surface area contributed by atoms with Crippen molar-refractivity contribution in [3.8, 4) is 5.75 Å². The summed E-state index contributed by atoms with van der Waals surface area (Å²) in [7, 11) is 0. The molecule has 142 valence electrons. The molecule has 0 unspecified atom stereocenters. The lowest BCUT2D eigenvalue weighted by Gasteiger charge is -2.33. The molecular weight excluding hydrogens is 330 g/mol. The Labute approximate surface area is 155 Å². The fourth-order valence-corrected chi connectivity index (χ4v) is 3.88. The van der Waals surface area contributed by atoms with Gasteiger partial charge >= 0.3 is 0 Å². The summed E-state index contributed by atoms with van der Waals surface area (Å²) in [6.07, 6.45) is 5.55. The van der Waals surface area contributed by atoms with Crippen LogP contribution in [-0.2, 0) is 16.1 Å². The number of nitrogens with one attached hydrogen (secondary N) is 1. The average Bonchev–Trinajstić information content (AvgIpc) is 2.80. The number of aromatic hydroxyl groups is 1. The molecule has 2 aliphatic heterocycles. The molecule has 0 spiro atoms. The average molecular weight is 359 g/mol. The van der Waals surface area contributed by atoms with Crippen molar-refractivity contribution in [3.63, 3.8) is 0 Å². The van der Waals surface area contributed by atoms with E-state index in [0.717, 1.165) is 57.3 Å². The third kappa shape index (κ3) is 5.46. The van der Waals surface area contributed by atoms with E-state index in [0.29, 0.717) is 13.0 Å². The predicted octanol–water partition coefficient (Wildman–Crippen LogP) is 1.88. The van der Waals surface area contributed by atoms with Crippen molar-refractivity contribution in [1.82, 2.24) is 15.1 Å². The Hall–Kier alpha value is -2.08. The maximum atomic E-state index is 12.4. The predicted molar refractivity (Wildman–Crippen MR) is 99.6 cm³/mol. The quantitative estimate of drug-likeness (QED) is 0.842. The van der Waals surface area contributed by atoms with E-state index in [1.165, 1.54) is 0 Å². The summed E-state index contributed by atoms with van der Waals surface area (Å²) < 4.78 is 0. The van der Waals surface area contributed by atoms with E-state index in [-0.39, 0.29) is 30.2 Å². The monoisotopic (exact) mass is 359 g/mol. The van der Waals surface area contributed by atoms with Gasteiger partial charge in [0.05, 0.1) is 6.54 Å². The van der Waals surface area contributed by atoms with Gasteiger partial charge in [0.25, 0.3) is 0 Å². The second kappa shape index (κ2) is 9.03. The number of hydrogen-bond acceptors (Lipinski definition) is 4. The van der Waals surface area contributed by atoms with Gasteiger partial charge in [0, 0.05) is 32.1 Å². The lowest BCUT2D eigenvalue weighted by Crippen LogP contribution is -2.50. The molecule has 0 aromatic heterocycles. The van der Waals surface area contributed by atoms with Crippen molar-refractivity contribution in [3.05, 3.63) is 29.8 Å². The number of rotatable bonds is 5. The van der Waals surface area contributed by atoms with E-state index in [2.05, 4.69) is 10.2 Å². The van der Waals surface area contributed by atoms with Crippen molar-refractivity contribution in [1.29, 1.82) is 0 Å². The molecule has 0 aliphatic carbocycles. The largest absolute Gasteiger partial charge is 0.508 e. The van der Waals surface area contributed by atoms with Crippen LogP contribution < -0.4 is 5.32 Å². The summed E-state index contributed by atoms with van der Waals surface area (Å²) in [5, 5.41) is 12.7. The highest BCUT2D eigenvalue weighted by Crippen LogP contribution is 2.17. The molecule has 1 aromatic carbocycles. The minimum Gasteiger partial charge on any atom is -0.508 e. The highest BCUT2D eigenvalue weighted by atomic mass is 16.3. The van der Waals surface area contributed by atoms with E-state index in [4.69, 9.17) is 0 Å². The maximum Gasteiger partial charge on any atom is 0.239 e. The highest BCUT2D eigenvalue weighted by molar-refractivity contribution is 5.85. The number of likely N-dealkylation sites (tertiary alicyclic amines) is 2. The number of carbonyl (C=O) groups excluding carboxylic acids is 2. The second-order valence-electron chi connectivity index (χ2n) is 7.44. The number of amides is 2. The first-order valence-corrected chi connectivity index (χ1v) is 9.67. The zero-order valence-electron chi connectivity index (χ0n) is 15.3. The maximum absolute atomic E-state index is 12.4. The van der Waals surface area contributed by atoms with Crippen LogP contribution in [-0.4, -0.2) is 58.9 Å². The van der Waals surface area contributed by atoms with Crippen molar-refractivity contribution in [2.45, 2.75) is 51.1 Å². The van der Waals surface area contributed by atoms with E-state index in [1.807, 2.05) is 12.1 Å². The Bertz CT molecular complexity index is 634. The lowest BCUT2D eigenvalue weighted by atomic mass is 10.0. The summed E-state index contributed by atoms with van der Waals surface area (Å²) in [5.41, 5.74) is 1.08. The fourth-order valence-electron chi connectivity index (χ4n) is 3.88. The minimum absolute atomic E-state index is 0.0514. The molecule has 2 fully saturated rings. The number of phenolic OH excluding ortho intramolecular Hbond substituents is 1. The van der Waals surface area contributed by atoms with E-state index in [1.54, 1.807) is 17.0 Å². The standard InChI is InChI=1S/C20H29N3O3/c24-18-8-4-6-16(12-18)13-22-10-5-7-17(14-22)21-19(25)15-23-11-3-1-2-9-20(23)26/h4,6,8,12,17,24H,1-3,5,7,9-11,13-15H2,(H,21,25)/t17-/m1/s1. The minimum atomic E-state index is -0.0514. The molecule has 6 heteroatoms. The van der Waals surface area contributed by atoms with Gasteiger partial charge in [-0.15, -0.1) is 0 Å². The Morgan fingerprint density at radius 3 is 2.92 bits per heavy atom. The molecule has 2 amide bonds. The lowest BCUT2D eigenvalue weighted by molar-refractivity contribution is -0.136. The summed E-state index contributed by atoms with van der Waals surface area (Å²) in [6.45, 7) is 3.44. The topological polar surface area (TPSA) is 72.9 Å². The molecule has 2 N–H and O–H groups in total. The van der Waals surface area contributed by atoms with Crippen LogP contribution in [0.4, 0.5) is 0 Å². The number of benzene rings is 1. The molecule has 26 heavy (non-hydrogen) atoms. The zero-order chi connectivity index (χ0) is 18.4. The van der Waals surface area contributed by atoms with Crippen molar-refractivity contribution >= 4 is 11.8 Å². The van der Waals surface area contributed by atoms with Gasteiger partial charge in [-0.05, 0) is 49.9 Å².